The zero-order valence-electron chi connectivity index (χ0n) is 9.75. The highest BCUT2D eigenvalue weighted by Crippen LogP contribution is 2.25. The van der Waals surface area contributed by atoms with Crippen molar-refractivity contribution in [3.8, 4) is 0 Å². The SMILES string of the molecule is O=S(=O)(NCCn1cccn1)c1cc(Br)ccc1Br. The molecule has 0 bridgehead atoms. The normalized spacial score (nSPS) is 11.7. The minimum Gasteiger partial charge on any atom is -0.271 e. The molecule has 8 heteroatoms. The molecule has 0 unspecified atom stereocenters. The Kier molecular flexibility index (Phi) is 4.77. The summed E-state index contributed by atoms with van der Waals surface area (Å²) in [6, 6.07) is 6.80. The van der Waals surface area contributed by atoms with Crippen LogP contribution in [0, 0.1) is 0 Å². The number of nitrogens with one attached hydrogen (secondary N) is 1. The topological polar surface area (TPSA) is 64.0 Å². The highest BCUT2D eigenvalue weighted by molar-refractivity contribution is 9.11. The summed E-state index contributed by atoms with van der Waals surface area (Å²) in [6.07, 6.45) is 3.43. The van der Waals surface area contributed by atoms with Gasteiger partial charge in [0.25, 0.3) is 0 Å². The Balaban J connectivity index is 2.07. The third-order valence-electron chi connectivity index (χ3n) is 2.37. The van der Waals surface area contributed by atoms with Crippen LogP contribution in [0.2, 0.25) is 0 Å². The summed E-state index contributed by atoms with van der Waals surface area (Å²) in [5, 5.41) is 4.01. The van der Waals surface area contributed by atoms with Crippen molar-refractivity contribution in [1.29, 1.82) is 0 Å². The van der Waals surface area contributed by atoms with Gasteiger partial charge in [0.2, 0.25) is 10.0 Å². The fourth-order valence-electron chi connectivity index (χ4n) is 1.49. The Morgan fingerprint density at radius 1 is 1.32 bits per heavy atom. The monoisotopic (exact) mass is 407 g/mol. The van der Waals surface area contributed by atoms with E-state index in [1.54, 1.807) is 41.3 Å². The molecule has 0 fully saturated rings. The first-order chi connectivity index (χ1) is 8.99. The van der Waals surface area contributed by atoms with Gasteiger partial charge in [-0.15, -0.1) is 0 Å². The maximum Gasteiger partial charge on any atom is 0.241 e. The van der Waals surface area contributed by atoms with E-state index in [1.165, 1.54) is 0 Å². The maximum absolute atomic E-state index is 12.1. The summed E-state index contributed by atoms with van der Waals surface area (Å²) in [7, 11) is -3.53. The molecule has 19 heavy (non-hydrogen) atoms. The first kappa shape index (κ1) is 14.7. The third-order valence-corrected chi connectivity index (χ3v) is 5.32. The van der Waals surface area contributed by atoms with Crippen LogP contribution in [0.5, 0.6) is 0 Å². The molecule has 5 nitrogen and oxygen atoms in total. The Bertz CT molecular complexity index is 657. The number of hydrogen-bond acceptors (Lipinski definition) is 3. The van der Waals surface area contributed by atoms with Gasteiger partial charge >= 0.3 is 0 Å². The zero-order valence-corrected chi connectivity index (χ0v) is 13.7. The number of rotatable bonds is 5. The van der Waals surface area contributed by atoms with Crippen LogP contribution in [0.3, 0.4) is 0 Å². The summed E-state index contributed by atoms with van der Waals surface area (Å²) in [6.45, 7) is 0.765. The van der Waals surface area contributed by atoms with Crippen LogP contribution >= 0.6 is 31.9 Å². The van der Waals surface area contributed by atoms with Crippen molar-refractivity contribution in [2.75, 3.05) is 6.54 Å². The van der Waals surface area contributed by atoms with Crippen LogP contribution < -0.4 is 4.72 Å². The van der Waals surface area contributed by atoms with Gasteiger partial charge in [0, 0.05) is 27.9 Å². The number of sulfonamides is 1. The van der Waals surface area contributed by atoms with E-state index in [-0.39, 0.29) is 11.4 Å². The minimum atomic E-state index is -3.53. The van der Waals surface area contributed by atoms with E-state index in [0.29, 0.717) is 15.5 Å². The first-order valence-corrected chi connectivity index (χ1v) is 8.48. The second-order valence-corrected chi connectivity index (χ2v) is 7.25. The van der Waals surface area contributed by atoms with Crippen molar-refractivity contribution < 1.29 is 8.42 Å². The lowest BCUT2D eigenvalue weighted by Gasteiger charge is -2.09. The summed E-state index contributed by atoms with van der Waals surface area (Å²) < 4.78 is 29.7. The van der Waals surface area contributed by atoms with Crippen molar-refractivity contribution in [3.05, 3.63) is 45.6 Å². The molecule has 1 N–H and O–H groups in total. The predicted molar refractivity (Wildman–Crippen MR) is 79.3 cm³/mol. The third kappa shape index (κ3) is 3.88. The molecule has 2 aromatic rings. The quantitative estimate of drug-likeness (QED) is 0.825. The lowest BCUT2D eigenvalue weighted by atomic mass is 10.4. The molecule has 1 heterocycles. The smallest absolute Gasteiger partial charge is 0.241 e. The van der Waals surface area contributed by atoms with E-state index in [9.17, 15) is 8.42 Å². The van der Waals surface area contributed by atoms with Crippen LogP contribution in [-0.4, -0.2) is 24.7 Å². The fraction of sp³-hybridized carbons (Fsp3) is 0.182. The van der Waals surface area contributed by atoms with Crippen LogP contribution in [0.15, 0.2) is 50.5 Å². The van der Waals surface area contributed by atoms with E-state index < -0.39 is 10.0 Å². The van der Waals surface area contributed by atoms with Gasteiger partial charge in [0.05, 0.1) is 11.4 Å². The van der Waals surface area contributed by atoms with Crippen LogP contribution in [0.4, 0.5) is 0 Å². The maximum atomic E-state index is 12.1. The average molecular weight is 409 g/mol. The Morgan fingerprint density at radius 3 is 2.79 bits per heavy atom. The van der Waals surface area contributed by atoms with Crippen molar-refractivity contribution in [2.24, 2.45) is 0 Å². The Labute approximate surface area is 128 Å². The van der Waals surface area contributed by atoms with Gasteiger partial charge in [0.1, 0.15) is 0 Å². The van der Waals surface area contributed by atoms with Crippen LogP contribution in [0.25, 0.3) is 0 Å². The molecular formula is C11H11Br2N3O2S. The minimum absolute atomic E-state index is 0.211. The van der Waals surface area contributed by atoms with Crippen molar-refractivity contribution in [3.63, 3.8) is 0 Å². The molecule has 0 spiro atoms. The first-order valence-electron chi connectivity index (χ1n) is 5.41. The van der Waals surface area contributed by atoms with Crippen LogP contribution in [0.1, 0.15) is 0 Å². The van der Waals surface area contributed by atoms with Gasteiger partial charge in [0.15, 0.2) is 0 Å². The van der Waals surface area contributed by atoms with E-state index in [0.717, 1.165) is 0 Å². The van der Waals surface area contributed by atoms with Crippen molar-refractivity contribution in [1.82, 2.24) is 14.5 Å². The number of halogens is 2. The average Bonchev–Trinajstić information content (AvgIpc) is 2.85. The van der Waals surface area contributed by atoms with Crippen molar-refractivity contribution >= 4 is 41.9 Å². The number of nitrogens with zero attached hydrogens (tertiary/aromatic N) is 2. The molecule has 102 valence electrons. The Morgan fingerprint density at radius 2 is 2.11 bits per heavy atom. The van der Waals surface area contributed by atoms with Gasteiger partial charge in [-0.2, -0.15) is 5.10 Å². The molecule has 0 atom stereocenters. The van der Waals surface area contributed by atoms with E-state index in [2.05, 4.69) is 41.7 Å². The fourth-order valence-corrected chi connectivity index (χ4v) is 4.01. The summed E-state index contributed by atoms with van der Waals surface area (Å²) >= 11 is 6.50. The molecule has 1 aromatic heterocycles. The standard InChI is InChI=1S/C11H11Br2N3O2S/c12-9-2-3-10(13)11(8-9)19(17,18)15-5-7-16-6-1-4-14-16/h1-4,6,8,15H,5,7H2. The van der Waals surface area contributed by atoms with Gasteiger partial charge in [-0.3, -0.25) is 4.68 Å². The van der Waals surface area contributed by atoms with Gasteiger partial charge in [-0.25, -0.2) is 13.1 Å². The van der Waals surface area contributed by atoms with E-state index in [1.807, 2.05) is 0 Å². The number of aromatic nitrogens is 2. The molecular weight excluding hydrogens is 398 g/mol. The summed E-state index contributed by atoms with van der Waals surface area (Å²) in [5.41, 5.74) is 0. The second-order valence-electron chi connectivity index (χ2n) is 3.74. The highest BCUT2D eigenvalue weighted by Gasteiger charge is 2.17. The van der Waals surface area contributed by atoms with Crippen LogP contribution in [-0.2, 0) is 16.6 Å². The number of benzene rings is 1. The molecule has 1 aromatic carbocycles. The largest absolute Gasteiger partial charge is 0.271 e. The zero-order chi connectivity index (χ0) is 13.9. The van der Waals surface area contributed by atoms with E-state index in [4.69, 9.17) is 0 Å². The van der Waals surface area contributed by atoms with Gasteiger partial charge < -0.3 is 0 Å². The lowest BCUT2D eigenvalue weighted by molar-refractivity contribution is 0.560. The Hall–Kier alpha value is -0.700. The molecule has 0 saturated heterocycles. The predicted octanol–water partition coefficient (Wildman–Crippen LogP) is 2.39. The van der Waals surface area contributed by atoms with E-state index >= 15 is 0 Å². The van der Waals surface area contributed by atoms with Crippen molar-refractivity contribution in [2.45, 2.75) is 11.4 Å². The molecule has 2 rings (SSSR count). The molecule has 0 aliphatic carbocycles. The summed E-state index contributed by atoms with van der Waals surface area (Å²) in [5.74, 6) is 0. The van der Waals surface area contributed by atoms with Gasteiger partial charge in [-0.05, 0) is 40.2 Å². The highest BCUT2D eigenvalue weighted by atomic mass is 79.9. The number of hydrogen-bond donors (Lipinski definition) is 1. The van der Waals surface area contributed by atoms with Gasteiger partial charge in [-0.1, -0.05) is 15.9 Å². The molecule has 0 saturated carbocycles. The molecule has 0 aliphatic heterocycles. The molecule has 0 radical (unpaired) electrons. The second kappa shape index (κ2) is 6.17. The molecule has 0 aliphatic rings. The summed E-state index contributed by atoms with van der Waals surface area (Å²) in [4.78, 5) is 0.211. The molecule has 0 amide bonds. The lowest BCUT2D eigenvalue weighted by Crippen LogP contribution is -2.27.